The molecule has 0 bridgehead atoms. The van der Waals surface area contributed by atoms with Crippen LogP contribution in [0.15, 0.2) is 0 Å². The molecule has 0 aromatic carbocycles. The molecule has 0 aromatic rings. The maximum Gasteiger partial charge on any atom is 0.0852 e. The minimum atomic E-state index is 0.339. The molecule has 0 saturated carbocycles. The van der Waals surface area contributed by atoms with Crippen molar-refractivity contribution in [3.63, 3.8) is 0 Å². The van der Waals surface area contributed by atoms with Gasteiger partial charge in [0.05, 0.1) is 12.7 Å². The number of nitrogens with one attached hydrogen (secondary N) is 1. The van der Waals surface area contributed by atoms with Crippen LogP contribution in [-0.2, 0) is 4.74 Å². The number of ether oxygens (including phenoxy) is 1. The van der Waals surface area contributed by atoms with Crippen molar-refractivity contribution in [3.8, 4) is 0 Å². The van der Waals surface area contributed by atoms with Gasteiger partial charge in [-0.3, -0.25) is 0 Å². The summed E-state index contributed by atoms with van der Waals surface area (Å²) in [7, 11) is 2.16. The van der Waals surface area contributed by atoms with E-state index in [0.717, 1.165) is 26.2 Å². The Bertz CT molecular complexity index is 189. The molecule has 2 atom stereocenters. The molecule has 1 saturated heterocycles. The van der Waals surface area contributed by atoms with Gasteiger partial charge in [0.15, 0.2) is 0 Å². The number of morpholine rings is 1. The van der Waals surface area contributed by atoms with Gasteiger partial charge < -0.3 is 15.0 Å². The number of hydrogen-bond donors (Lipinski definition) is 1. The zero-order chi connectivity index (χ0) is 11.5. The fourth-order valence-corrected chi connectivity index (χ4v) is 1.71. The number of likely N-dealkylation sites (N-methyl/N-ethyl adjacent to an activating group) is 1. The topological polar surface area (TPSA) is 24.5 Å². The molecular formula is C12H26N2O. The summed E-state index contributed by atoms with van der Waals surface area (Å²) in [6.45, 7) is 13.0. The van der Waals surface area contributed by atoms with E-state index in [-0.39, 0.29) is 0 Å². The first-order chi connectivity index (χ1) is 6.88. The summed E-state index contributed by atoms with van der Waals surface area (Å²) in [4.78, 5) is 2.34. The Kier molecular flexibility index (Phi) is 4.56. The molecule has 1 aliphatic rings. The first-order valence-electron chi connectivity index (χ1n) is 5.92. The van der Waals surface area contributed by atoms with Crippen molar-refractivity contribution in [1.29, 1.82) is 0 Å². The van der Waals surface area contributed by atoms with E-state index in [4.69, 9.17) is 4.74 Å². The third-order valence-corrected chi connectivity index (χ3v) is 2.81. The Morgan fingerprint density at radius 2 is 2.13 bits per heavy atom. The van der Waals surface area contributed by atoms with E-state index in [0.29, 0.717) is 17.6 Å². The van der Waals surface area contributed by atoms with Gasteiger partial charge in [-0.25, -0.2) is 0 Å². The fourth-order valence-electron chi connectivity index (χ4n) is 1.71. The van der Waals surface area contributed by atoms with E-state index >= 15 is 0 Å². The molecule has 1 rings (SSSR count). The van der Waals surface area contributed by atoms with Crippen molar-refractivity contribution in [1.82, 2.24) is 10.2 Å². The average molecular weight is 214 g/mol. The molecule has 1 fully saturated rings. The zero-order valence-corrected chi connectivity index (χ0v) is 10.8. The first kappa shape index (κ1) is 12.9. The summed E-state index contributed by atoms with van der Waals surface area (Å²) < 4.78 is 5.77. The van der Waals surface area contributed by atoms with Crippen molar-refractivity contribution in [3.05, 3.63) is 0 Å². The molecule has 0 aromatic heterocycles. The lowest BCUT2D eigenvalue weighted by atomic mass is 9.96. The van der Waals surface area contributed by atoms with Crippen LogP contribution in [-0.4, -0.2) is 50.3 Å². The monoisotopic (exact) mass is 214 g/mol. The number of nitrogens with zero attached hydrogens (tertiary/aromatic N) is 1. The minimum absolute atomic E-state index is 0.339. The summed E-state index contributed by atoms with van der Waals surface area (Å²) in [5.41, 5.74) is 0.342. The summed E-state index contributed by atoms with van der Waals surface area (Å²) in [6, 6.07) is 0.437. The summed E-state index contributed by atoms with van der Waals surface area (Å²) in [5, 5.41) is 3.56. The molecule has 90 valence electrons. The fraction of sp³-hybridized carbons (Fsp3) is 1.00. The number of hydrogen-bond acceptors (Lipinski definition) is 3. The molecule has 3 nitrogen and oxygen atoms in total. The predicted molar refractivity (Wildman–Crippen MR) is 64.2 cm³/mol. The van der Waals surface area contributed by atoms with Crippen molar-refractivity contribution in [2.24, 2.45) is 5.41 Å². The Morgan fingerprint density at radius 1 is 1.47 bits per heavy atom. The van der Waals surface area contributed by atoms with Gasteiger partial charge in [-0.1, -0.05) is 20.8 Å². The van der Waals surface area contributed by atoms with Crippen molar-refractivity contribution >= 4 is 0 Å². The summed E-state index contributed by atoms with van der Waals surface area (Å²) >= 11 is 0. The van der Waals surface area contributed by atoms with Gasteiger partial charge in [0.25, 0.3) is 0 Å². The Labute approximate surface area is 94.2 Å². The lowest BCUT2D eigenvalue weighted by Crippen LogP contribution is -2.51. The van der Waals surface area contributed by atoms with E-state index in [1.165, 1.54) is 0 Å². The number of rotatable bonds is 3. The SMILES string of the molecule is CC(NCC(C)(C)C)C1CN(C)CCO1. The molecule has 0 spiro atoms. The van der Waals surface area contributed by atoms with Crippen LogP contribution >= 0.6 is 0 Å². The predicted octanol–water partition coefficient (Wildman–Crippen LogP) is 1.34. The van der Waals surface area contributed by atoms with E-state index in [1.807, 2.05) is 0 Å². The van der Waals surface area contributed by atoms with E-state index in [1.54, 1.807) is 0 Å². The van der Waals surface area contributed by atoms with Gasteiger partial charge in [-0.05, 0) is 19.4 Å². The van der Waals surface area contributed by atoms with E-state index < -0.39 is 0 Å². The van der Waals surface area contributed by atoms with Crippen LogP contribution in [0, 0.1) is 5.41 Å². The molecular weight excluding hydrogens is 188 g/mol. The van der Waals surface area contributed by atoms with Crippen LogP contribution in [0.2, 0.25) is 0 Å². The summed E-state index contributed by atoms with van der Waals surface area (Å²) in [5.74, 6) is 0. The average Bonchev–Trinajstić information content (AvgIpc) is 2.13. The minimum Gasteiger partial charge on any atom is -0.374 e. The smallest absolute Gasteiger partial charge is 0.0852 e. The van der Waals surface area contributed by atoms with Gasteiger partial charge in [0.2, 0.25) is 0 Å². The Balaban J connectivity index is 2.29. The summed E-state index contributed by atoms with van der Waals surface area (Å²) in [6.07, 6.45) is 0.339. The lowest BCUT2D eigenvalue weighted by Gasteiger charge is -2.35. The highest BCUT2D eigenvalue weighted by molar-refractivity contribution is 4.80. The first-order valence-corrected chi connectivity index (χ1v) is 5.92. The molecule has 0 aliphatic carbocycles. The van der Waals surface area contributed by atoms with Crippen molar-refractivity contribution in [2.45, 2.75) is 39.8 Å². The maximum atomic E-state index is 5.77. The second kappa shape index (κ2) is 5.28. The van der Waals surface area contributed by atoms with Crippen LogP contribution in [0.1, 0.15) is 27.7 Å². The van der Waals surface area contributed by atoms with Crippen LogP contribution in [0.4, 0.5) is 0 Å². The third kappa shape index (κ3) is 4.96. The Morgan fingerprint density at radius 3 is 2.67 bits per heavy atom. The standard InChI is InChI=1S/C12H26N2O/c1-10(13-9-12(2,3)4)11-8-14(5)6-7-15-11/h10-11,13H,6-9H2,1-5H3. The largest absolute Gasteiger partial charge is 0.374 e. The highest BCUT2D eigenvalue weighted by Gasteiger charge is 2.24. The second-order valence-corrected chi connectivity index (χ2v) is 5.90. The molecule has 0 amide bonds. The van der Waals surface area contributed by atoms with Crippen LogP contribution in [0.25, 0.3) is 0 Å². The van der Waals surface area contributed by atoms with Gasteiger partial charge in [0, 0.05) is 25.7 Å². The molecule has 0 radical (unpaired) electrons. The molecule has 1 N–H and O–H groups in total. The second-order valence-electron chi connectivity index (χ2n) is 5.90. The molecule has 15 heavy (non-hydrogen) atoms. The highest BCUT2D eigenvalue weighted by Crippen LogP contribution is 2.13. The van der Waals surface area contributed by atoms with Crippen LogP contribution in [0.3, 0.4) is 0 Å². The molecule has 3 heteroatoms. The molecule has 2 unspecified atom stereocenters. The molecule has 1 heterocycles. The highest BCUT2D eigenvalue weighted by atomic mass is 16.5. The zero-order valence-electron chi connectivity index (χ0n) is 10.8. The van der Waals surface area contributed by atoms with Crippen LogP contribution < -0.4 is 5.32 Å². The van der Waals surface area contributed by atoms with Gasteiger partial charge >= 0.3 is 0 Å². The van der Waals surface area contributed by atoms with Crippen molar-refractivity contribution in [2.75, 3.05) is 33.3 Å². The van der Waals surface area contributed by atoms with Crippen LogP contribution in [0.5, 0.6) is 0 Å². The third-order valence-electron chi connectivity index (χ3n) is 2.81. The molecule has 1 aliphatic heterocycles. The van der Waals surface area contributed by atoms with Gasteiger partial charge in [-0.2, -0.15) is 0 Å². The van der Waals surface area contributed by atoms with Crippen molar-refractivity contribution < 1.29 is 4.74 Å². The lowest BCUT2D eigenvalue weighted by molar-refractivity contribution is -0.0363. The van der Waals surface area contributed by atoms with E-state index in [9.17, 15) is 0 Å². The van der Waals surface area contributed by atoms with Gasteiger partial charge in [0.1, 0.15) is 0 Å². The quantitative estimate of drug-likeness (QED) is 0.767. The van der Waals surface area contributed by atoms with E-state index in [2.05, 4.69) is 45.0 Å². The normalized spacial score (nSPS) is 26.6. The maximum absolute atomic E-state index is 5.77. The Hall–Kier alpha value is -0.120. The van der Waals surface area contributed by atoms with Gasteiger partial charge in [-0.15, -0.1) is 0 Å².